The molecular formula is C16H27N3. The number of benzene rings is 1. The van der Waals surface area contributed by atoms with E-state index in [1.54, 1.807) is 0 Å². The molecule has 3 heteroatoms. The Morgan fingerprint density at radius 3 is 2.58 bits per heavy atom. The van der Waals surface area contributed by atoms with E-state index < -0.39 is 0 Å². The molecule has 1 atom stereocenters. The fourth-order valence-electron chi connectivity index (χ4n) is 2.68. The van der Waals surface area contributed by atoms with Gasteiger partial charge in [0.15, 0.2) is 0 Å². The lowest BCUT2D eigenvalue weighted by atomic mass is 10.00. The fourth-order valence-corrected chi connectivity index (χ4v) is 2.68. The number of rotatable bonds is 4. The van der Waals surface area contributed by atoms with E-state index in [-0.39, 0.29) is 0 Å². The van der Waals surface area contributed by atoms with Gasteiger partial charge < -0.3 is 15.1 Å². The second-order valence-electron chi connectivity index (χ2n) is 5.79. The molecule has 0 amide bonds. The van der Waals surface area contributed by atoms with Crippen LogP contribution in [0.15, 0.2) is 24.3 Å². The molecular weight excluding hydrogens is 234 g/mol. The number of hydrogen-bond acceptors (Lipinski definition) is 3. The summed E-state index contributed by atoms with van der Waals surface area (Å²) in [4.78, 5) is 4.74. The molecule has 19 heavy (non-hydrogen) atoms. The van der Waals surface area contributed by atoms with E-state index >= 15 is 0 Å². The van der Waals surface area contributed by atoms with Crippen LogP contribution in [0.4, 0.5) is 5.69 Å². The highest BCUT2D eigenvalue weighted by atomic mass is 15.1. The smallest absolute Gasteiger partial charge is 0.0361 e. The predicted molar refractivity (Wildman–Crippen MR) is 83.1 cm³/mol. The Kier molecular flexibility index (Phi) is 5.23. The molecule has 3 nitrogen and oxygen atoms in total. The number of anilines is 1. The maximum absolute atomic E-state index is 3.46. The molecule has 1 fully saturated rings. The lowest BCUT2D eigenvalue weighted by Gasteiger charge is -2.24. The maximum atomic E-state index is 3.46. The third-order valence-electron chi connectivity index (χ3n) is 3.94. The zero-order valence-electron chi connectivity index (χ0n) is 12.5. The topological polar surface area (TPSA) is 18.5 Å². The van der Waals surface area contributed by atoms with Gasteiger partial charge in [0.1, 0.15) is 0 Å². The molecule has 1 aromatic carbocycles. The highest BCUT2D eigenvalue weighted by molar-refractivity contribution is 5.46. The second kappa shape index (κ2) is 6.92. The first-order chi connectivity index (χ1) is 9.16. The van der Waals surface area contributed by atoms with Crippen LogP contribution in [0.25, 0.3) is 0 Å². The molecule has 1 heterocycles. The Morgan fingerprint density at radius 1 is 1.16 bits per heavy atom. The second-order valence-corrected chi connectivity index (χ2v) is 5.79. The summed E-state index contributed by atoms with van der Waals surface area (Å²) in [7, 11) is 4.17. The van der Waals surface area contributed by atoms with Gasteiger partial charge in [-0.1, -0.05) is 19.1 Å². The first-order valence-electron chi connectivity index (χ1n) is 7.37. The molecule has 0 radical (unpaired) electrons. The molecule has 0 aliphatic carbocycles. The van der Waals surface area contributed by atoms with E-state index in [0.29, 0.717) is 5.92 Å². The summed E-state index contributed by atoms with van der Waals surface area (Å²) in [5, 5.41) is 3.46. The van der Waals surface area contributed by atoms with Gasteiger partial charge in [-0.05, 0) is 43.1 Å². The van der Waals surface area contributed by atoms with Crippen molar-refractivity contribution in [2.45, 2.75) is 19.3 Å². The van der Waals surface area contributed by atoms with Crippen LogP contribution in [-0.4, -0.2) is 51.7 Å². The molecule has 1 aromatic rings. The largest absolute Gasteiger partial charge is 0.378 e. The number of hydrogen-bond donors (Lipinski definition) is 1. The molecule has 1 N–H and O–H groups in total. The van der Waals surface area contributed by atoms with E-state index in [2.05, 4.69) is 60.4 Å². The van der Waals surface area contributed by atoms with Gasteiger partial charge in [-0.25, -0.2) is 0 Å². The van der Waals surface area contributed by atoms with Gasteiger partial charge in [0.2, 0.25) is 0 Å². The van der Waals surface area contributed by atoms with E-state index in [0.717, 1.165) is 6.54 Å². The Bertz CT molecular complexity index is 364. The highest BCUT2D eigenvalue weighted by Crippen LogP contribution is 2.20. The van der Waals surface area contributed by atoms with Crippen molar-refractivity contribution in [2.24, 2.45) is 0 Å². The van der Waals surface area contributed by atoms with Crippen molar-refractivity contribution < 1.29 is 0 Å². The molecule has 0 aromatic heterocycles. The molecule has 106 valence electrons. The molecule has 0 bridgehead atoms. The fraction of sp³-hybridized carbons (Fsp3) is 0.625. The van der Waals surface area contributed by atoms with Crippen molar-refractivity contribution in [2.75, 3.05) is 51.7 Å². The monoisotopic (exact) mass is 261 g/mol. The zero-order valence-corrected chi connectivity index (χ0v) is 12.5. The normalized spacial score (nSPS) is 18.9. The molecule has 1 unspecified atom stereocenters. The van der Waals surface area contributed by atoms with Crippen LogP contribution in [-0.2, 0) is 0 Å². The average molecular weight is 261 g/mol. The van der Waals surface area contributed by atoms with Crippen LogP contribution in [0.5, 0.6) is 0 Å². The van der Waals surface area contributed by atoms with Crippen molar-refractivity contribution in [3.05, 3.63) is 29.8 Å². The van der Waals surface area contributed by atoms with E-state index in [4.69, 9.17) is 0 Å². The van der Waals surface area contributed by atoms with Crippen LogP contribution in [0, 0.1) is 0 Å². The van der Waals surface area contributed by atoms with Crippen molar-refractivity contribution in [3.63, 3.8) is 0 Å². The summed E-state index contributed by atoms with van der Waals surface area (Å²) in [6, 6.07) is 8.98. The Balaban J connectivity index is 1.92. The van der Waals surface area contributed by atoms with Crippen LogP contribution in [0.1, 0.15) is 24.8 Å². The first kappa shape index (κ1) is 14.4. The Labute approximate surface area is 117 Å². The summed E-state index contributed by atoms with van der Waals surface area (Å²) in [6.45, 7) is 8.22. The van der Waals surface area contributed by atoms with Crippen LogP contribution in [0.3, 0.4) is 0 Å². The summed E-state index contributed by atoms with van der Waals surface area (Å²) >= 11 is 0. The van der Waals surface area contributed by atoms with Gasteiger partial charge in [0.05, 0.1) is 0 Å². The standard InChI is InChI=1S/C16H27N3/c1-14(13-19-11-4-9-17-10-12-19)15-5-7-16(8-6-15)18(2)3/h5-8,14,17H,4,9-13H2,1-3H3. The summed E-state index contributed by atoms with van der Waals surface area (Å²) in [6.07, 6.45) is 1.27. The van der Waals surface area contributed by atoms with Crippen molar-refractivity contribution in [1.29, 1.82) is 0 Å². The lowest BCUT2D eigenvalue weighted by molar-refractivity contribution is 0.278. The lowest BCUT2D eigenvalue weighted by Crippen LogP contribution is -2.31. The van der Waals surface area contributed by atoms with Crippen LogP contribution in [0.2, 0.25) is 0 Å². The Hall–Kier alpha value is -1.06. The maximum Gasteiger partial charge on any atom is 0.0361 e. The molecule has 1 aliphatic rings. The molecule has 1 aliphatic heterocycles. The third-order valence-corrected chi connectivity index (χ3v) is 3.94. The minimum atomic E-state index is 0.606. The Morgan fingerprint density at radius 2 is 1.89 bits per heavy atom. The number of nitrogens with zero attached hydrogens (tertiary/aromatic N) is 2. The summed E-state index contributed by atoms with van der Waals surface area (Å²) in [5.74, 6) is 0.606. The summed E-state index contributed by atoms with van der Waals surface area (Å²) in [5.41, 5.74) is 2.72. The zero-order chi connectivity index (χ0) is 13.7. The minimum Gasteiger partial charge on any atom is -0.378 e. The van der Waals surface area contributed by atoms with Crippen molar-refractivity contribution in [1.82, 2.24) is 10.2 Å². The van der Waals surface area contributed by atoms with Crippen molar-refractivity contribution in [3.8, 4) is 0 Å². The minimum absolute atomic E-state index is 0.606. The van der Waals surface area contributed by atoms with Gasteiger partial charge in [-0.3, -0.25) is 0 Å². The highest BCUT2D eigenvalue weighted by Gasteiger charge is 2.13. The van der Waals surface area contributed by atoms with E-state index in [9.17, 15) is 0 Å². The third kappa shape index (κ3) is 4.22. The van der Waals surface area contributed by atoms with Gasteiger partial charge in [-0.15, -0.1) is 0 Å². The summed E-state index contributed by atoms with van der Waals surface area (Å²) < 4.78 is 0. The van der Waals surface area contributed by atoms with Crippen LogP contribution < -0.4 is 10.2 Å². The molecule has 1 saturated heterocycles. The molecule has 0 saturated carbocycles. The average Bonchev–Trinajstić information content (AvgIpc) is 2.67. The quantitative estimate of drug-likeness (QED) is 0.896. The van der Waals surface area contributed by atoms with Crippen LogP contribution >= 0.6 is 0 Å². The van der Waals surface area contributed by atoms with Gasteiger partial charge >= 0.3 is 0 Å². The SMILES string of the molecule is CC(CN1CCCNCC1)c1ccc(N(C)C)cc1. The number of nitrogens with one attached hydrogen (secondary N) is 1. The predicted octanol–water partition coefficient (Wildman–Crippen LogP) is 2.15. The van der Waals surface area contributed by atoms with Gasteiger partial charge in [0, 0.05) is 39.4 Å². The molecule has 2 rings (SSSR count). The van der Waals surface area contributed by atoms with E-state index in [1.165, 1.54) is 43.9 Å². The van der Waals surface area contributed by atoms with E-state index in [1.807, 2.05) is 0 Å². The van der Waals surface area contributed by atoms with Gasteiger partial charge in [-0.2, -0.15) is 0 Å². The first-order valence-corrected chi connectivity index (χ1v) is 7.37. The van der Waals surface area contributed by atoms with Gasteiger partial charge in [0.25, 0.3) is 0 Å². The van der Waals surface area contributed by atoms with Crippen molar-refractivity contribution >= 4 is 5.69 Å². The molecule has 0 spiro atoms.